The molecular weight excluding hydrogens is 328 g/mol. The third kappa shape index (κ3) is 3.10. The summed E-state index contributed by atoms with van der Waals surface area (Å²) in [6, 6.07) is 3.95. The molecule has 108 valence electrons. The summed E-state index contributed by atoms with van der Waals surface area (Å²) >= 11 is 3.32. The van der Waals surface area contributed by atoms with Gasteiger partial charge in [-0.3, -0.25) is 0 Å². The number of aliphatic hydroxyl groups is 1. The Morgan fingerprint density at radius 3 is 2.80 bits per heavy atom. The maximum absolute atomic E-state index is 12.2. The van der Waals surface area contributed by atoms with Gasteiger partial charge < -0.3 is 20.4 Å². The van der Waals surface area contributed by atoms with Gasteiger partial charge in [0.05, 0.1) is 11.8 Å². The Labute approximate surface area is 124 Å². The first-order chi connectivity index (χ1) is 9.38. The average Bonchev–Trinajstić information content (AvgIpc) is 2.76. The lowest BCUT2D eigenvalue weighted by atomic mass is 10.2. The zero-order valence-corrected chi connectivity index (χ0v) is 12.4. The lowest BCUT2D eigenvalue weighted by Gasteiger charge is -2.22. The topological polar surface area (TPSA) is 89.9 Å². The predicted molar refractivity (Wildman–Crippen MR) is 76.7 cm³/mol. The number of amides is 2. The molecule has 1 unspecified atom stereocenters. The SMILES string of the molecule is Cc1ccc(Br)c(NC(=O)N2CC(O)C[C@H]2C(=O)O)c1. The summed E-state index contributed by atoms with van der Waals surface area (Å²) in [6.07, 6.45) is -0.750. The normalized spacial score (nSPS) is 21.9. The molecule has 6 nitrogen and oxygen atoms in total. The van der Waals surface area contributed by atoms with Gasteiger partial charge in [0.25, 0.3) is 0 Å². The predicted octanol–water partition coefficient (Wildman–Crippen LogP) is 1.81. The number of rotatable bonds is 2. The van der Waals surface area contributed by atoms with Gasteiger partial charge in [-0.05, 0) is 40.5 Å². The van der Waals surface area contributed by atoms with Crippen LogP contribution in [-0.2, 0) is 4.79 Å². The number of aryl methyl sites for hydroxylation is 1. The summed E-state index contributed by atoms with van der Waals surface area (Å²) < 4.78 is 0.711. The second-order valence-corrected chi connectivity index (χ2v) is 5.66. The van der Waals surface area contributed by atoms with E-state index in [0.717, 1.165) is 10.5 Å². The molecule has 1 fully saturated rings. The number of β-amino-alcohol motifs (C(OH)–C–C–N with tert-alkyl or cyclic N) is 1. The van der Waals surface area contributed by atoms with Gasteiger partial charge in [-0.15, -0.1) is 0 Å². The summed E-state index contributed by atoms with van der Waals surface area (Å²) in [4.78, 5) is 24.4. The number of hydrogen-bond donors (Lipinski definition) is 3. The van der Waals surface area contributed by atoms with Crippen LogP contribution in [-0.4, -0.2) is 45.8 Å². The van der Waals surface area contributed by atoms with Crippen LogP contribution in [0.3, 0.4) is 0 Å². The fraction of sp³-hybridized carbons (Fsp3) is 0.385. The monoisotopic (exact) mass is 342 g/mol. The van der Waals surface area contributed by atoms with Crippen LogP contribution in [0.5, 0.6) is 0 Å². The van der Waals surface area contributed by atoms with E-state index >= 15 is 0 Å². The summed E-state index contributed by atoms with van der Waals surface area (Å²) in [5.41, 5.74) is 1.54. The van der Waals surface area contributed by atoms with Crippen molar-refractivity contribution in [2.75, 3.05) is 11.9 Å². The fourth-order valence-electron chi connectivity index (χ4n) is 2.19. The maximum atomic E-state index is 12.2. The van der Waals surface area contributed by atoms with E-state index in [1.807, 2.05) is 13.0 Å². The molecule has 0 radical (unpaired) electrons. The van der Waals surface area contributed by atoms with Crippen LogP contribution in [0.15, 0.2) is 22.7 Å². The molecule has 1 aromatic rings. The number of likely N-dealkylation sites (tertiary alicyclic amines) is 1. The van der Waals surface area contributed by atoms with Crippen LogP contribution in [0.2, 0.25) is 0 Å². The largest absolute Gasteiger partial charge is 0.480 e. The molecule has 1 aromatic carbocycles. The second kappa shape index (κ2) is 5.80. The van der Waals surface area contributed by atoms with Crippen molar-refractivity contribution in [2.45, 2.75) is 25.5 Å². The molecule has 1 saturated heterocycles. The molecule has 2 atom stereocenters. The maximum Gasteiger partial charge on any atom is 0.326 e. The molecule has 2 rings (SSSR count). The van der Waals surface area contributed by atoms with Crippen molar-refractivity contribution >= 4 is 33.6 Å². The van der Waals surface area contributed by atoms with Crippen molar-refractivity contribution in [2.24, 2.45) is 0 Å². The first-order valence-electron chi connectivity index (χ1n) is 6.13. The average molecular weight is 343 g/mol. The van der Waals surface area contributed by atoms with Crippen LogP contribution in [0.25, 0.3) is 0 Å². The Kier molecular flexibility index (Phi) is 4.29. The van der Waals surface area contributed by atoms with Crippen molar-refractivity contribution in [1.29, 1.82) is 0 Å². The molecule has 20 heavy (non-hydrogen) atoms. The molecule has 0 bridgehead atoms. The molecule has 0 spiro atoms. The van der Waals surface area contributed by atoms with E-state index < -0.39 is 24.1 Å². The fourth-order valence-corrected chi connectivity index (χ4v) is 2.54. The summed E-state index contributed by atoms with van der Waals surface area (Å²) in [5, 5.41) is 21.3. The number of nitrogens with zero attached hydrogens (tertiary/aromatic N) is 1. The molecule has 2 amide bonds. The Balaban J connectivity index is 2.15. The molecule has 7 heteroatoms. The highest BCUT2D eigenvalue weighted by Crippen LogP contribution is 2.25. The van der Waals surface area contributed by atoms with Gasteiger partial charge in [0, 0.05) is 17.4 Å². The van der Waals surface area contributed by atoms with E-state index in [0.29, 0.717) is 10.2 Å². The van der Waals surface area contributed by atoms with E-state index in [-0.39, 0.29) is 13.0 Å². The van der Waals surface area contributed by atoms with Crippen molar-refractivity contribution in [1.82, 2.24) is 4.90 Å². The van der Waals surface area contributed by atoms with Crippen LogP contribution in [0.4, 0.5) is 10.5 Å². The third-order valence-electron chi connectivity index (χ3n) is 3.19. The first kappa shape index (κ1) is 14.8. The van der Waals surface area contributed by atoms with E-state index in [2.05, 4.69) is 21.2 Å². The highest BCUT2D eigenvalue weighted by Gasteiger charge is 2.39. The lowest BCUT2D eigenvalue weighted by Crippen LogP contribution is -2.43. The summed E-state index contributed by atoms with van der Waals surface area (Å²) in [5.74, 6) is -1.11. The van der Waals surface area contributed by atoms with Gasteiger partial charge in [-0.2, -0.15) is 0 Å². The number of halogens is 1. The zero-order valence-electron chi connectivity index (χ0n) is 10.8. The van der Waals surface area contributed by atoms with Gasteiger partial charge in [0.2, 0.25) is 0 Å². The third-order valence-corrected chi connectivity index (χ3v) is 3.88. The Bertz CT molecular complexity index is 549. The number of carbonyl (C=O) groups excluding carboxylic acids is 1. The van der Waals surface area contributed by atoms with Gasteiger partial charge >= 0.3 is 12.0 Å². The molecule has 0 saturated carbocycles. The quantitative estimate of drug-likeness (QED) is 0.764. The number of nitrogens with one attached hydrogen (secondary N) is 1. The molecular formula is C13H15BrN2O4. The number of aliphatic hydroxyl groups excluding tert-OH is 1. The highest BCUT2D eigenvalue weighted by atomic mass is 79.9. The van der Waals surface area contributed by atoms with Crippen LogP contribution in [0, 0.1) is 6.92 Å². The molecule has 1 aliphatic rings. The number of carboxylic acids is 1. The molecule has 0 aliphatic carbocycles. The van der Waals surface area contributed by atoms with Crippen molar-refractivity contribution in [3.8, 4) is 0 Å². The standard InChI is InChI=1S/C13H15BrN2O4/c1-7-2-3-9(14)10(4-7)15-13(20)16-6-8(17)5-11(16)12(18)19/h2-4,8,11,17H,5-6H2,1H3,(H,15,20)(H,18,19)/t8?,11-/m0/s1. The van der Waals surface area contributed by atoms with Crippen molar-refractivity contribution in [3.05, 3.63) is 28.2 Å². The van der Waals surface area contributed by atoms with E-state index in [4.69, 9.17) is 5.11 Å². The number of carbonyl (C=O) groups is 2. The minimum absolute atomic E-state index is 0.0201. The number of urea groups is 1. The second-order valence-electron chi connectivity index (χ2n) is 4.81. The number of anilines is 1. The van der Waals surface area contributed by atoms with Gasteiger partial charge in [0.1, 0.15) is 6.04 Å². The number of carboxylic acid groups (broad SMARTS) is 1. The van der Waals surface area contributed by atoms with Crippen LogP contribution >= 0.6 is 15.9 Å². The molecule has 1 aliphatic heterocycles. The van der Waals surface area contributed by atoms with E-state index in [1.54, 1.807) is 12.1 Å². The summed E-state index contributed by atoms with van der Waals surface area (Å²) in [6.45, 7) is 1.91. The Hall–Kier alpha value is -1.60. The highest BCUT2D eigenvalue weighted by molar-refractivity contribution is 9.10. The Morgan fingerprint density at radius 2 is 2.15 bits per heavy atom. The van der Waals surface area contributed by atoms with E-state index in [1.165, 1.54) is 0 Å². The van der Waals surface area contributed by atoms with E-state index in [9.17, 15) is 14.7 Å². The van der Waals surface area contributed by atoms with Crippen molar-refractivity contribution in [3.63, 3.8) is 0 Å². The van der Waals surface area contributed by atoms with Gasteiger partial charge in [-0.25, -0.2) is 9.59 Å². The minimum atomic E-state index is -1.11. The van der Waals surface area contributed by atoms with Crippen LogP contribution in [0.1, 0.15) is 12.0 Å². The molecule has 0 aromatic heterocycles. The molecule has 1 heterocycles. The zero-order chi connectivity index (χ0) is 14.9. The number of hydrogen-bond acceptors (Lipinski definition) is 3. The first-order valence-corrected chi connectivity index (χ1v) is 6.92. The number of benzene rings is 1. The minimum Gasteiger partial charge on any atom is -0.480 e. The number of aliphatic carboxylic acids is 1. The molecule has 3 N–H and O–H groups in total. The van der Waals surface area contributed by atoms with Crippen molar-refractivity contribution < 1.29 is 19.8 Å². The van der Waals surface area contributed by atoms with Gasteiger partial charge in [0.15, 0.2) is 0 Å². The lowest BCUT2D eigenvalue weighted by molar-refractivity contribution is -0.141. The Morgan fingerprint density at radius 1 is 1.45 bits per heavy atom. The smallest absolute Gasteiger partial charge is 0.326 e. The van der Waals surface area contributed by atoms with Crippen LogP contribution < -0.4 is 5.32 Å². The van der Waals surface area contributed by atoms with Gasteiger partial charge in [-0.1, -0.05) is 6.07 Å². The summed E-state index contributed by atoms with van der Waals surface area (Å²) in [7, 11) is 0.